The molecule has 0 saturated carbocycles. The van der Waals surface area contributed by atoms with Gasteiger partial charge in [0.2, 0.25) is 0 Å². The van der Waals surface area contributed by atoms with E-state index in [9.17, 15) is 9.59 Å². The molecule has 1 rings (SSSR count). The Bertz CT molecular complexity index is 460. The first kappa shape index (κ1) is 14.9. The second-order valence-electron chi connectivity index (χ2n) is 4.07. The van der Waals surface area contributed by atoms with Gasteiger partial charge in [-0.25, -0.2) is 4.79 Å². The Morgan fingerprint density at radius 1 is 1.44 bits per heavy atom. The van der Waals surface area contributed by atoms with Gasteiger partial charge < -0.3 is 10.4 Å². The third-order valence-corrected chi connectivity index (χ3v) is 3.86. The van der Waals surface area contributed by atoms with Crippen LogP contribution in [0.2, 0.25) is 0 Å². The molecule has 0 fully saturated rings. The Labute approximate surface area is 120 Å². The summed E-state index contributed by atoms with van der Waals surface area (Å²) in [5.74, 6) is -1.32. The molecule has 1 aromatic carbocycles. The molecule has 1 amide bonds. The molecule has 5 heteroatoms. The van der Waals surface area contributed by atoms with Crippen LogP contribution in [0.3, 0.4) is 0 Å². The fraction of sp³-hybridized carbons (Fsp3) is 0.385. The van der Waals surface area contributed by atoms with E-state index in [1.807, 2.05) is 19.9 Å². The molecule has 1 aromatic rings. The van der Waals surface area contributed by atoms with Crippen LogP contribution in [0.25, 0.3) is 0 Å². The predicted octanol–water partition coefficient (Wildman–Crippen LogP) is 2.58. The van der Waals surface area contributed by atoms with Crippen molar-refractivity contribution in [1.29, 1.82) is 0 Å². The number of rotatable bonds is 5. The highest BCUT2D eigenvalue weighted by atomic mass is 127. The van der Waals surface area contributed by atoms with Gasteiger partial charge in [0, 0.05) is 9.13 Å². The molecule has 0 aliphatic heterocycles. The smallest absolute Gasteiger partial charge is 0.326 e. The summed E-state index contributed by atoms with van der Waals surface area (Å²) in [5.41, 5.74) is 1.40. The molecule has 18 heavy (non-hydrogen) atoms. The molecular formula is C13H16INO3. The lowest BCUT2D eigenvalue weighted by molar-refractivity contribution is -0.139. The summed E-state index contributed by atoms with van der Waals surface area (Å²) in [7, 11) is 0. The molecule has 98 valence electrons. The van der Waals surface area contributed by atoms with Gasteiger partial charge in [-0.05, 0) is 53.6 Å². The molecule has 0 aliphatic carbocycles. The average Bonchev–Trinajstić information content (AvgIpc) is 2.31. The second kappa shape index (κ2) is 6.72. The Hall–Kier alpha value is -1.11. The lowest BCUT2D eigenvalue weighted by atomic mass is 10.1. The number of halogens is 1. The molecule has 1 atom stereocenters. The number of amides is 1. The molecule has 0 aliphatic rings. The van der Waals surface area contributed by atoms with E-state index < -0.39 is 12.0 Å². The summed E-state index contributed by atoms with van der Waals surface area (Å²) in [4.78, 5) is 23.0. The minimum atomic E-state index is -0.992. The molecular weight excluding hydrogens is 345 g/mol. The van der Waals surface area contributed by atoms with Crippen molar-refractivity contribution in [3.05, 3.63) is 32.9 Å². The summed E-state index contributed by atoms with van der Waals surface area (Å²) >= 11 is 2.15. The van der Waals surface area contributed by atoms with Gasteiger partial charge in [-0.3, -0.25) is 4.79 Å². The lowest BCUT2D eigenvalue weighted by Crippen LogP contribution is -2.40. The highest BCUT2D eigenvalue weighted by Crippen LogP contribution is 2.16. The van der Waals surface area contributed by atoms with Crippen molar-refractivity contribution in [2.24, 2.45) is 0 Å². The number of nitrogens with one attached hydrogen (secondary N) is 1. The van der Waals surface area contributed by atoms with Gasteiger partial charge in [0.05, 0.1) is 0 Å². The molecule has 0 bridgehead atoms. The van der Waals surface area contributed by atoms with Gasteiger partial charge in [0.1, 0.15) is 6.04 Å². The summed E-state index contributed by atoms with van der Waals surface area (Å²) in [5, 5.41) is 11.6. The fourth-order valence-electron chi connectivity index (χ4n) is 1.64. The van der Waals surface area contributed by atoms with E-state index in [-0.39, 0.29) is 5.91 Å². The third kappa shape index (κ3) is 3.69. The zero-order chi connectivity index (χ0) is 13.7. The Morgan fingerprint density at radius 3 is 2.67 bits per heavy atom. The summed E-state index contributed by atoms with van der Waals surface area (Å²) < 4.78 is 0.989. The Kier molecular flexibility index (Phi) is 5.58. The summed E-state index contributed by atoms with van der Waals surface area (Å²) in [6.45, 7) is 3.74. The van der Waals surface area contributed by atoms with E-state index in [0.29, 0.717) is 18.4 Å². The van der Waals surface area contributed by atoms with Crippen LogP contribution in [0.15, 0.2) is 18.2 Å². The predicted molar refractivity (Wildman–Crippen MR) is 77.7 cm³/mol. The van der Waals surface area contributed by atoms with E-state index in [1.54, 1.807) is 12.1 Å². The second-order valence-corrected chi connectivity index (χ2v) is 5.23. The number of hydrogen-bond donors (Lipinski definition) is 2. The molecule has 2 N–H and O–H groups in total. The largest absolute Gasteiger partial charge is 0.480 e. The monoisotopic (exact) mass is 361 g/mol. The maximum Gasteiger partial charge on any atom is 0.326 e. The van der Waals surface area contributed by atoms with E-state index in [0.717, 1.165) is 9.13 Å². The van der Waals surface area contributed by atoms with Gasteiger partial charge in [-0.15, -0.1) is 0 Å². The summed E-state index contributed by atoms with van der Waals surface area (Å²) in [6.07, 6.45) is 1.15. The Morgan fingerprint density at radius 2 is 2.11 bits per heavy atom. The van der Waals surface area contributed by atoms with Crippen LogP contribution in [0.5, 0.6) is 0 Å². The van der Waals surface area contributed by atoms with Crippen molar-refractivity contribution in [1.82, 2.24) is 5.32 Å². The normalized spacial score (nSPS) is 11.9. The first-order valence-electron chi connectivity index (χ1n) is 5.76. The SMILES string of the molecule is CCCC(NC(=O)c1cccc(I)c1C)C(=O)O. The average molecular weight is 361 g/mol. The highest BCUT2D eigenvalue weighted by Gasteiger charge is 2.20. The first-order chi connectivity index (χ1) is 8.47. The van der Waals surface area contributed by atoms with Crippen molar-refractivity contribution in [3.63, 3.8) is 0 Å². The third-order valence-electron chi connectivity index (χ3n) is 2.69. The number of carbonyl (C=O) groups is 2. The van der Waals surface area contributed by atoms with E-state index in [1.165, 1.54) is 0 Å². The van der Waals surface area contributed by atoms with Crippen LogP contribution in [-0.2, 0) is 4.79 Å². The van der Waals surface area contributed by atoms with Gasteiger partial charge in [-0.2, -0.15) is 0 Å². The van der Waals surface area contributed by atoms with Crippen molar-refractivity contribution in [2.75, 3.05) is 0 Å². The number of carboxylic acid groups (broad SMARTS) is 1. The zero-order valence-electron chi connectivity index (χ0n) is 10.4. The van der Waals surface area contributed by atoms with E-state index in [2.05, 4.69) is 27.9 Å². The first-order valence-corrected chi connectivity index (χ1v) is 6.84. The van der Waals surface area contributed by atoms with Crippen LogP contribution in [0.4, 0.5) is 0 Å². The van der Waals surface area contributed by atoms with Crippen LogP contribution in [0.1, 0.15) is 35.7 Å². The van der Waals surface area contributed by atoms with Gasteiger partial charge >= 0.3 is 5.97 Å². The van der Waals surface area contributed by atoms with Crippen molar-refractivity contribution >= 4 is 34.5 Å². The van der Waals surface area contributed by atoms with E-state index in [4.69, 9.17) is 5.11 Å². The van der Waals surface area contributed by atoms with Gasteiger partial charge in [-0.1, -0.05) is 19.4 Å². The Balaban J connectivity index is 2.87. The molecule has 0 saturated heterocycles. The standard InChI is InChI=1S/C13H16INO3/c1-3-5-11(13(17)18)15-12(16)9-6-4-7-10(14)8(9)2/h4,6-7,11H,3,5H2,1-2H3,(H,15,16)(H,17,18). The number of aliphatic carboxylic acids is 1. The van der Waals surface area contributed by atoms with Crippen LogP contribution in [0, 0.1) is 10.5 Å². The molecule has 1 unspecified atom stereocenters. The highest BCUT2D eigenvalue weighted by molar-refractivity contribution is 14.1. The fourth-order valence-corrected chi connectivity index (χ4v) is 2.13. The molecule has 0 aromatic heterocycles. The van der Waals surface area contributed by atoms with Gasteiger partial charge in [0.25, 0.3) is 5.91 Å². The van der Waals surface area contributed by atoms with Crippen LogP contribution in [-0.4, -0.2) is 23.0 Å². The van der Waals surface area contributed by atoms with Crippen molar-refractivity contribution < 1.29 is 14.7 Å². The van der Waals surface area contributed by atoms with E-state index >= 15 is 0 Å². The van der Waals surface area contributed by atoms with Crippen molar-refractivity contribution in [2.45, 2.75) is 32.7 Å². The maximum atomic E-state index is 12.0. The maximum absolute atomic E-state index is 12.0. The molecule has 0 spiro atoms. The summed E-state index contributed by atoms with van der Waals surface area (Å²) in [6, 6.07) is 4.59. The molecule has 0 radical (unpaired) electrons. The lowest BCUT2D eigenvalue weighted by Gasteiger charge is -2.15. The minimum Gasteiger partial charge on any atom is -0.480 e. The van der Waals surface area contributed by atoms with Crippen LogP contribution >= 0.6 is 22.6 Å². The molecule has 4 nitrogen and oxygen atoms in total. The van der Waals surface area contributed by atoms with Crippen LogP contribution < -0.4 is 5.32 Å². The number of hydrogen-bond acceptors (Lipinski definition) is 2. The minimum absolute atomic E-state index is 0.327. The zero-order valence-corrected chi connectivity index (χ0v) is 12.5. The number of benzene rings is 1. The van der Waals surface area contributed by atoms with Crippen molar-refractivity contribution in [3.8, 4) is 0 Å². The quantitative estimate of drug-likeness (QED) is 0.793. The topological polar surface area (TPSA) is 66.4 Å². The number of carboxylic acids is 1. The number of carbonyl (C=O) groups excluding carboxylic acids is 1. The van der Waals surface area contributed by atoms with Gasteiger partial charge in [0.15, 0.2) is 0 Å². The molecule has 0 heterocycles.